The normalized spacial score (nSPS) is 19.7. The zero-order valence-electron chi connectivity index (χ0n) is 11.0. The fourth-order valence-electron chi connectivity index (χ4n) is 2.32. The lowest BCUT2D eigenvalue weighted by atomic mass is 9.88. The van der Waals surface area contributed by atoms with Crippen LogP contribution in [-0.4, -0.2) is 25.1 Å². The Morgan fingerprint density at radius 2 is 2.00 bits per heavy atom. The summed E-state index contributed by atoms with van der Waals surface area (Å²) >= 11 is 4.34. The van der Waals surface area contributed by atoms with Crippen molar-refractivity contribution in [2.75, 3.05) is 11.5 Å². The molecule has 0 radical (unpaired) electrons. The van der Waals surface area contributed by atoms with Gasteiger partial charge in [-0.3, -0.25) is 0 Å². The minimum atomic E-state index is 0.383. The van der Waals surface area contributed by atoms with Crippen molar-refractivity contribution in [1.29, 1.82) is 0 Å². The molecule has 0 amide bonds. The van der Waals surface area contributed by atoms with Gasteiger partial charge < -0.3 is 4.57 Å². The first-order valence-corrected chi connectivity index (χ1v) is 8.24. The molecule has 0 aromatic carbocycles. The number of hydrogen-bond donors (Lipinski definition) is 0. The van der Waals surface area contributed by atoms with E-state index in [1.54, 1.807) is 0 Å². The van der Waals surface area contributed by atoms with E-state index in [1.165, 1.54) is 24.3 Å². The number of aryl methyl sites for hydroxylation is 1. The van der Waals surface area contributed by atoms with Crippen LogP contribution in [0.5, 0.6) is 0 Å². The molecule has 2 nitrogen and oxygen atoms in total. The predicted molar refractivity (Wildman–Crippen MR) is 78.6 cm³/mol. The van der Waals surface area contributed by atoms with Gasteiger partial charge in [0.2, 0.25) is 0 Å². The highest BCUT2D eigenvalue weighted by molar-refractivity contribution is 8.21. The number of thioether (sulfide) groups is 2. The van der Waals surface area contributed by atoms with Crippen molar-refractivity contribution >= 4 is 23.5 Å². The summed E-state index contributed by atoms with van der Waals surface area (Å²) in [5.41, 5.74) is 0.383. The molecule has 0 aliphatic carbocycles. The summed E-state index contributed by atoms with van der Waals surface area (Å²) in [6.45, 7) is 8.25. The first-order valence-electron chi connectivity index (χ1n) is 6.27. The minimum absolute atomic E-state index is 0.383. The third-order valence-electron chi connectivity index (χ3n) is 3.38. The highest BCUT2D eigenvalue weighted by Gasteiger charge is 2.45. The van der Waals surface area contributed by atoms with Crippen LogP contribution >= 0.6 is 23.5 Å². The molecule has 0 unspecified atom stereocenters. The van der Waals surface area contributed by atoms with E-state index in [0.717, 1.165) is 6.54 Å². The van der Waals surface area contributed by atoms with Gasteiger partial charge in [-0.2, -0.15) is 0 Å². The number of nitrogens with zero attached hydrogens (tertiary/aromatic N) is 2. The maximum atomic E-state index is 4.09. The summed E-state index contributed by atoms with van der Waals surface area (Å²) in [6.07, 6.45) is 8.37. The van der Waals surface area contributed by atoms with E-state index in [4.69, 9.17) is 0 Å². The minimum Gasteiger partial charge on any atom is -0.337 e. The second kappa shape index (κ2) is 5.27. The molecule has 0 saturated carbocycles. The van der Waals surface area contributed by atoms with Gasteiger partial charge in [0.1, 0.15) is 0 Å². The van der Waals surface area contributed by atoms with E-state index >= 15 is 0 Å². The van der Waals surface area contributed by atoms with E-state index in [-0.39, 0.29) is 0 Å². The Balaban J connectivity index is 1.91. The van der Waals surface area contributed by atoms with Gasteiger partial charge in [0, 0.05) is 30.4 Å². The van der Waals surface area contributed by atoms with Crippen LogP contribution in [0, 0.1) is 5.41 Å². The molecule has 17 heavy (non-hydrogen) atoms. The van der Waals surface area contributed by atoms with Gasteiger partial charge in [0.05, 0.1) is 10.4 Å². The van der Waals surface area contributed by atoms with Gasteiger partial charge in [-0.25, -0.2) is 4.98 Å². The van der Waals surface area contributed by atoms with Crippen molar-refractivity contribution in [3.8, 4) is 0 Å². The van der Waals surface area contributed by atoms with E-state index in [2.05, 4.69) is 60.0 Å². The summed E-state index contributed by atoms with van der Waals surface area (Å²) in [5, 5.41) is 0. The van der Waals surface area contributed by atoms with Gasteiger partial charge in [0.15, 0.2) is 0 Å². The van der Waals surface area contributed by atoms with Gasteiger partial charge in [-0.1, -0.05) is 20.8 Å². The van der Waals surface area contributed by atoms with Crippen LogP contribution in [0.25, 0.3) is 0 Å². The first-order chi connectivity index (χ1) is 8.04. The molecule has 4 heteroatoms. The van der Waals surface area contributed by atoms with E-state index in [0.29, 0.717) is 9.49 Å². The van der Waals surface area contributed by atoms with Gasteiger partial charge in [-0.15, -0.1) is 23.5 Å². The molecule has 1 aliphatic heterocycles. The fraction of sp³-hybridized carbons (Fsp3) is 0.769. The largest absolute Gasteiger partial charge is 0.337 e. The number of imidazole rings is 1. The van der Waals surface area contributed by atoms with Crippen molar-refractivity contribution in [1.82, 2.24) is 9.55 Å². The van der Waals surface area contributed by atoms with Gasteiger partial charge in [-0.05, 0) is 18.3 Å². The van der Waals surface area contributed by atoms with Crippen LogP contribution < -0.4 is 0 Å². The van der Waals surface area contributed by atoms with Crippen LogP contribution in [0.3, 0.4) is 0 Å². The number of aromatic nitrogens is 2. The van der Waals surface area contributed by atoms with Crippen LogP contribution in [-0.2, 0) is 6.54 Å². The fourth-order valence-corrected chi connectivity index (χ4v) is 5.92. The van der Waals surface area contributed by atoms with E-state index in [9.17, 15) is 0 Å². The molecule has 0 atom stereocenters. The third-order valence-corrected chi connectivity index (χ3v) is 7.73. The van der Waals surface area contributed by atoms with Crippen LogP contribution in [0.1, 0.15) is 33.6 Å². The number of rotatable bonds is 4. The van der Waals surface area contributed by atoms with E-state index in [1.807, 2.05) is 12.5 Å². The van der Waals surface area contributed by atoms with Crippen LogP contribution in [0.2, 0.25) is 0 Å². The molecule has 0 N–H and O–H groups in total. The maximum Gasteiger partial charge on any atom is 0.0945 e. The Morgan fingerprint density at radius 3 is 2.53 bits per heavy atom. The Hall–Kier alpha value is -0.0900. The Bertz CT molecular complexity index is 335. The standard InChI is InChI=1S/C13H22N2S2/c1-12(2,3)13(16-9-10-17-13)5-4-7-15-8-6-14-11-15/h6,8,11H,4-5,7,9-10H2,1-3H3. The Labute approximate surface area is 113 Å². The zero-order chi connectivity index (χ0) is 12.4. The second-order valence-corrected chi connectivity index (χ2v) is 8.65. The molecule has 1 saturated heterocycles. The average molecular weight is 270 g/mol. The topological polar surface area (TPSA) is 17.8 Å². The lowest BCUT2D eigenvalue weighted by Gasteiger charge is -2.40. The van der Waals surface area contributed by atoms with Crippen molar-refractivity contribution in [2.45, 2.75) is 44.2 Å². The first kappa shape index (κ1) is 13.3. The lowest BCUT2D eigenvalue weighted by Crippen LogP contribution is -2.34. The van der Waals surface area contributed by atoms with Crippen molar-refractivity contribution < 1.29 is 0 Å². The predicted octanol–water partition coefficient (Wildman–Crippen LogP) is 3.89. The maximum absolute atomic E-state index is 4.09. The van der Waals surface area contributed by atoms with Gasteiger partial charge >= 0.3 is 0 Å². The summed E-state index contributed by atoms with van der Waals surface area (Å²) in [4.78, 5) is 4.09. The third kappa shape index (κ3) is 3.02. The van der Waals surface area contributed by atoms with Crippen molar-refractivity contribution in [2.24, 2.45) is 5.41 Å². The monoisotopic (exact) mass is 270 g/mol. The van der Waals surface area contributed by atoms with Crippen molar-refractivity contribution in [3.63, 3.8) is 0 Å². The Morgan fingerprint density at radius 1 is 1.29 bits per heavy atom. The van der Waals surface area contributed by atoms with Crippen LogP contribution in [0.4, 0.5) is 0 Å². The van der Waals surface area contributed by atoms with E-state index < -0.39 is 0 Å². The highest BCUT2D eigenvalue weighted by Crippen LogP contribution is 2.57. The number of hydrogen-bond acceptors (Lipinski definition) is 3. The molecule has 2 heterocycles. The second-order valence-electron chi connectivity index (χ2n) is 5.60. The van der Waals surface area contributed by atoms with Crippen LogP contribution in [0.15, 0.2) is 18.7 Å². The molecular formula is C13H22N2S2. The summed E-state index contributed by atoms with van der Waals surface area (Å²) in [5.74, 6) is 2.63. The highest BCUT2D eigenvalue weighted by atomic mass is 32.2. The smallest absolute Gasteiger partial charge is 0.0945 e. The van der Waals surface area contributed by atoms with Crippen molar-refractivity contribution in [3.05, 3.63) is 18.7 Å². The average Bonchev–Trinajstić information content (AvgIpc) is 2.86. The summed E-state index contributed by atoms with van der Waals surface area (Å²) in [7, 11) is 0. The summed E-state index contributed by atoms with van der Waals surface area (Å²) < 4.78 is 2.61. The molecule has 0 spiro atoms. The molecule has 1 aromatic rings. The lowest BCUT2D eigenvalue weighted by molar-refractivity contribution is 0.343. The van der Waals surface area contributed by atoms with Gasteiger partial charge in [0.25, 0.3) is 0 Å². The molecule has 1 aromatic heterocycles. The molecule has 0 bridgehead atoms. The molecular weight excluding hydrogens is 248 g/mol. The SMILES string of the molecule is CC(C)(C)C1(CCCn2ccnc2)SCCS1. The molecule has 1 aliphatic rings. The Kier molecular flexibility index (Phi) is 4.14. The zero-order valence-corrected chi connectivity index (χ0v) is 12.6. The molecule has 96 valence electrons. The quantitative estimate of drug-likeness (QED) is 0.827. The molecule has 1 fully saturated rings. The molecule has 2 rings (SSSR count). The summed E-state index contributed by atoms with van der Waals surface area (Å²) in [6, 6.07) is 0.